The second-order valence-corrected chi connectivity index (χ2v) is 6.35. The van der Waals surface area contributed by atoms with Crippen LogP contribution in [0.5, 0.6) is 0 Å². The molecule has 0 aliphatic carbocycles. The predicted molar refractivity (Wildman–Crippen MR) is 82.2 cm³/mol. The molecule has 2 aliphatic rings. The number of alkyl halides is 3. The largest absolute Gasteiger partial charge is 0.416 e. The number of carbonyl (C=O) groups is 1. The third-order valence-corrected chi connectivity index (χ3v) is 4.63. The van der Waals surface area contributed by atoms with Crippen molar-refractivity contribution >= 4 is 5.91 Å². The van der Waals surface area contributed by atoms with Crippen molar-refractivity contribution in [3.63, 3.8) is 0 Å². The molecule has 0 N–H and O–H groups in total. The molecule has 2 fully saturated rings. The Bertz CT molecular complexity index is 568. The zero-order valence-electron chi connectivity index (χ0n) is 13.4. The summed E-state index contributed by atoms with van der Waals surface area (Å²) in [6.45, 7) is 4.51. The number of rotatable bonds is 3. The molecule has 0 saturated carbocycles. The van der Waals surface area contributed by atoms with Gasteiger partial charge in [0.05, 0.1) is 24.7 Å². The average Bonchev–Trinajstić information content (AvgIpc) is 3.03. The maximum atomic E-state index is 12.6. The Labute approximate surface area is 139 Å². The van der Waals surface area contributed by atoms with Crippen molar-refractivity contribution in [1.29, 1.82) is 0 Å². The molecule has 1 amide bonds. The van der Waals surface area contributed by atoms with Gasteiger partial charge in [-0.3, -0.25) is 9.69 Å². The van der Waals surface area contributed by atoms with E-state index in [1.165, 1.54) is 12.1 Å². The Morgan fingerprint density at radius 1 is 1.12 bits per heavy atom. The molecule has 2 saturated heterocycles. The highest BCUT2D eigenvalue weighted by molar-refractivity contribution is 5.79. The first-order valence-corrected chi connectivity index (χ1v) is 8.18. The molecule has 24 heavy (non-hydrogen) atoms. The fraction of sp³-hybridized carbons (Fsp3) is 0.588. The molecule has 2 heterocycles. The molecule has 0 aromatic heterocycles. The summed E-state index contributed by atoms with van der Waals surface area (Å²) in [5.74, 6) is 0.158. The highest BCUT2D eigenvalue weighted by Crippen LogP contribution is 2.29. The number of amides is 1. The van der Waals surface area contributed by atoms with E-state index in [0.29, 0.717) is 39.4 Å². The van der Waals surface area contributed by atoms with Crippen LogP contribution in [0, 0.1) is 5.92 Å². The molecule has 3 rings (SSSR count). The number of nitrogens with zero attached hydrogens (tertiary/aromatic N) is 2. The monoisotopic (exact) mass is 342 g/mol. The lowest BCUT2D eigenvalue weighted by molar-refractivity contribution is -0.139. The standard InChI is InChI=1S/C17H21F3N2O2/c18-17(19,20)15-3-1-13(2-4-15)11-21-6-5-14(12-21)16(23)22-7-9-24-10-8-22/h1-4,14H,5-12H2. The van der Waals surface area contributed by atoms with Crippen molar-refractivity contribution in [3.8, 4) is 0 Å². The highest BCUT2D eigenvalue weighted by Gasteiger charge is 2.32. The van der Waals surface area contributed by atoms with Crippen LogP contribution in [0.25, 0.3) is 0 Å². The van der Waals surface area contributed by atoms with Crippen molar-refractivity contribution in [2.75, 3.05) is 39.4 Å². The molecule has 1 aromatic carbocycles. The van der Waals surface area contributed by atoms with Gasteiger partial charge in [-0.15, -0.1) is 0 Å². The lowest BCUT2D eigenvalue weighted by atomic mass is 10.1. The van der Waals surface area contributed by atoms with E-state index in [-0.39, 0.29) is 11.8 Å². The van der Waals surface area contributed by atoms with Gasteiger partial charge in [0.15, 0.2) is 0 Å². The topological polar surface area (TPSA) is 32.8 Å². The van der Waals surface area contributed by atoms with Gasteiger partial charge < -0.3 is 9.64 Å². The average molecular weight is 342 g/mol. The molecular formula is C17H21F3N2O2. The first-order valence-electron chi connectivity index (χ1n) is 8.18. The van der Waals surface area contributed by atoms with Gasteiger partial charge in [-0.1, -0.05) is 12.1 Å². The Hall–Kier alpha value is -1.60. The fourth-order valence-electron chi connectivity index (χ4n) is 3.28. The lowest BCUT2D eigenvalue weighted by Crippen LogP contribution is -2.44. The molecule has 0 spiro atoms. The summed E-state index contributed by atoms with van der Waals surface area (Å²) in [5.41, 5.74) is 0.204. The Kier molecular flexibility index (Phi) is 5.10. The Morgan fingerprint density at radius 2 is 1.79 bits per heavy atom. The summed E-state index contributed by atoms with van der Waals surface area (Å²) in [6.07, 6.45) is -3.50. The van der Waals surface area contributed by atoms with Crippen LogP contribution in [0.3, 0.4) is 0 Å². The molecule has 7 heteroatoms. The molecule has 1 unspecified atom stereocenters. The third-order valence-electron chi connectivity index (χ3n) is 4.63. The molecule has 4 nitrogen and oxygen atoms in total. The fourth-order valence-corrected chi connectivity index (χ4v) is 3.28. The van der Waals surface area contributed by atoms with Crippen molar-refractivity contribution in [2.45, 2.75) is 19.1 Å². The van der Waals surface area contributed by atoms with Gasteiger partial charge in [0.1, 0.15) is 0 Å². The van der Waals surface area contributed by atoms with E-state index in [1.807, 2.05) is 4.90 Å². The van der Waals surface area contributed by atoms with E-state index in [0.717, 1.165) is 30.7 Å². The van der Waals surface area contributed by atoms with Crippen molar-refractivity contribution < 1.29 is 22.7 Å². The number of benzene rings is 1. The number of likely N-dealkylation sites (tertiary alicyclic amines) is 1. The van der Waals surface area contributed by atoms with Gasteiger partial charge in [-0.05, 0) is 30.7 Å². The number of morpholine rings is 1. The first kappa shape index (κ1) is 17.2. The zero-order valence-corrected chi connectivity index (χ0v) is 13.4. The lowest BCUT2D eigenvalue weighted by Gasteiger charge is -2.29. The van der Waals surface area contributed by atoms with E-state index >= 15 is 0 Å². The summed E-state index contributed by atoms with van der Waals surface area (Å²) in [4.78, 5) is 16.5. The van der Waals surface area contributed by atoms with Gasteiger partial charge in [0.2, 0.25) is 5.91 Å². The normalized spacial score (nSPS) is 22.8. The number of hydrogen-bond donors (Lipinski definition) is 0. The summed E-state index contributed by atoms with van der Waals surface area (Å²) in [5, 5.41) is 0. The van der Waals surface area contributed by atoms with E-state index in [1.54, 1.807) is 0 Å². The molecule has 2 aliphatic heterocycles. The molecule has 1 atom stereocenters. The minimum Gasteiger partial charge on any atom is -0.378 e. The van der Waals surface area contributed by atoms with Crippen LogP contribution in [0.4, 0.5) is 13.2 Å². The second kappa shape index (κ2) is 7.11. The SMILES string of the molecule is O=C(C1CCN(Cc2ccc(C(F)(F)F)cc2)C1)N1CCOCC1. The van der Waals surface area contributed by atoms with E-state index in [9.17, 15) is 18.0 Å². The van der Waals surface area contributed by atoms with E-state index in [4.69, 9.17) is 4.74 Å². The Morgan fingerprint density at radius 3 is 2.42 bits per heavy atom. The van der Waals surface area contributed by atoms with Gasteiger partial charge >= 0.3 is 6.18 Å². The number of ether oxygens (including phenoxy) is 1. The van der Waals surface area contributed by atoms with Gasteiger partial charge in [-0.2, -0.15) is 13.2 Å². The number of carbonyl (C=O) groups excluding carboxylic acids is 1. The van der Waals surface area contributed by atoms with Crippen LogP contribution >= 0.6 is 0 Å². The van der Waals surface area contributed by atoms with Crippen LogP contribution in [-0.2, 0) is 22.3 Å². The summed E-state index contributed by atoms with van der Waals surface area (Å²) >= 11 is 0. The van der Waals surface area contributed by atoms with Crippen LogP contribution in [0.15, 0.2) is 24.3 Å². The second-order valence-electron chi connectivity index (χ2n) is 6.35. The molecule has 1 aromatic rings. The minimum atomic E-state index is -4.30. The van der Waals surface area contributed by atoms with E-state index in [2.05, 4.69) is 4.90 Å². The summed E-state index contributed by atoms with van der Waals surface area (Å²) in [7, 11) is 0. The molecular weight excluding hydrogens is 321 g/mol. The maximum Gasteiger partial charge on any atom is 0.416 e. The highest BCUT2D eigenvalue weighted by atomic mass is 19.4. The van der Waals surface area contributed by atoms with Crippen molar-refractivity contribution in [2.24, 2.45) is 5.92 Å². The van der Waals surface area contributed by atoms with Crippen LogP contribution < -0.4 is 0 Å². The van der Waals surface area contributed by atoms with Gasteiger partial charge in [0, 0.05) is 26.2 Å². The van der Waals surface area contributed by atoms with Crippen molar-refractivity contribution in [1.82, 2.24) is 9.80 Å². The third kappa shape index (κ3) is 4.08. The van der Waals surface area contributed by atoms with Crippen LogP contribution in [0.1, 0.15) is 17.5 Å². The first-order chi connectivity index (χ1) is 11.4. The van der Waals surface area contributed by atoms with Crippen molar-refractivity contribution in [3.05, 3.63) is 35.4 Å². The summed E-state index contributed by atoms with van der Waals surface area (Å²) in [6, 6.07) is 5.25. The molecule has 132 valence electrons. The number of hydrogen-bond acceptors (Lipinski definition) is 3. The predicted octanol–water partition coefficient (Wildman–Crippen LogP) is 2.39. The van der Waals surface area contributed by atoms with Gasteiger partial charge in [0.25, 0.3) is 0 Å². The van der Waals surface area contributed by atoms with E-state index < -0.39 is 11.7 Å². The van der Waals surface area contributed by atoms with Crippen LogP contribution in [-0.4, -0.2) is 55.1 Å². The maximum absolute atomic E-state index is 12.6. The molecule has 0 bridgehead atoms. The molecule has 0 radical (unpaired) electrons. The van der Waals surface area contributed by atoms with Gasteiger partial charge in [-0.25, -0.2) is 0 Å². The quantitative estimate of drug-likeness (QED) is 0.846. The minimum absolute atomic E-state index is 0.0162. The smallest absolute Gasteiger partial charge is 0.378 e. The zero-order chi connectivity index (χ0) is 17.2. The summed E-state index contributed by atoms with van der Waals surface area (Å²) < 4.78 is 43.0. The number of halogens is 3. The Balaban J connectivity index is 1.53. The van der Waals surface area contributed by atoms with Crippen LogP contribution in [0.2, 0.25) is 0 Å².